The van der Waals surface area contributed by atoms with Crippen LogP contribution in [-0.4, -0.2) is 4.98 Å². The van der Waals surface area contributed by atoms with E-state index in [2.05, 4.69) is 128 Å². The van der Waals surface area contributed by atoms with Gasteiger partial charge in [-0.1, -0.05) is 67.4 Å². The Bertz CT molecular complexity index is 1610. The van der Waals surface area contributed by atoms with E-state index in [0.717, 1.165) is 17.6 Å². The SMILES string of the molecule is Cc1ccc(-c2ccc3nc(-c4cc(C)c(-c5c(C)cc(C)cc5C)c(C)c4)cc(CC(C)C)c3c2)cc1. The van der Waals surface area contributed by atoms with Gasteiger partial charge in [0.15, 0.2) is 0 Å². The zero-order valence-electron chi connectivity index (χ0n) is 24.2. The third-order valence-corrected chi connectivity index (χ3v) is 7.66. The van der Waals surface area contributed by atoms with E-state index in [1.54, 1.807) is 0 Å². The van der Waals surface area contributed by atoms with Crippen LogP contribution in [0.4, 0.5) is 0 Å². The predicted molar refractivity (Wildman–Crippen MR) is 165 cm³/mol. The summed E-state index contributed by atoms with van der Waals surface area (Å²) in [6.45, 7) is 17.9. The Hall–Kier alpha value is -3.71. The van der Waals surface area contributed by atoms with Gasteiger partial charge in [-0.15, -0.1) is 0 Å². The maximum absolute atomic E-state index is 5.19. The zero-order valence-corrected chi connectivity index (χ0v) is 24.2. The number of aryl methyl sites for hydroxylation is 6. The van der Waals surface area contributed by atoms with Gasteiger partial charge in [-0.3, -0.25) is 0 Å². The third kappa shape index (κ3) is 5.03. The van der Waals surface area contributed by atoms with Crippen molar-refractivity contribution in [3.63, 3.8) is 0 Å². The largest absolute Gasteiger partial charge is 0.248 e. The maximum Gasteiger partial charge on any atom is 0.0712 e. The number of hydrogen-bond donors (Lipinski definition) is 0. The molecule has 0 atom stereocenters. The van der Waals surface area contributed by atoms with Crippen LogP contribution in [0.15, 0.2) is 72.8 Å². The fraction of sp³-hybridized carbons (Fsp3) is 0.270. The second-order valence-electron chi connectivity index (χ2n) is 11.6. The van der Waals surface area contributed by atoms with Crippen LogP contribution in [-0.2, 0) is 6.42 Å². The summed E-state index contributed by atoms with van der Waals surface area (Å²) in [5.74, 6) is 0.565. The Morgan fingerprint density at radius 1 is 0.553 bits per heavy atom. The highest BCUT2D eigenvalue weighted by atomic mass is 14.7. The fourth-order valence-corrected chi connectivity index (χ4v) is 6.06. The molecule has 0 N–H and O–H groups in total. The minimum absolute atomic E-state index is 0.565. The lowest BCUT2D eigenvalue weighted by Crippen LogP contribution is -2.00. The quantitative estimate of drug-likeness (QED) is 0.235. The fourth-order valence-electron chi connectivity index (χ4n) is 6.06. The van der Waals surface area contributed by atoms with Gasteiger partial charge in [-0.25, -0.2) is 4.98 Å². The second-order valence-corrected chi connectivity index (χ2v) is 11.6. The van der Waals surface area contributed by atoms with Crippen LogP contribution in [0.25, 0.3) is 44.4 Å². The van der Waals surface area contributed by atoms with Crippen LogP contribution < -0.4 is 0 Å². The van der Waals surface area contributed by atoms with E-state index in [-0.39, 0.29) is 0 Å². The maximum atomic E-state index is 5.19. The minimum atomic E-state index is 0.565. The highest BCUT2D eigenvalue weighted by Crippen LogP contribution is 2.37. The number of rotatable bonds is 5. The Morgan fingerprint density at radius 2 is 1.11 bits per heavy atom. The van der Waals surface area contributed by atoms with E-state index < -0.39 is 0 Å². The van der Waals surface area contributed by atoms with Crippen molar-refractivity contribution in [2.75, 3.05) is 0 Å². The van der Waals surface area contributed by atoms with Gasteiger partial charge in [0, 0.05) is 10.9 Å². The molecule has 0 aliphatic carbocycles. The molecule has 0 amide bonds. The second kappa shape index (κ2) is 10.2. The number of hydrogen-bond acceptors (Lipinski definition) is 1. The molecule has 0 unspecified atom stereocenters. The van der Waals surface area contributed by atoms with Gasteiger partial charge in [-0.2, -0.15) is 0 Å². The molecule has 1 heteroatoms. The van der Waals surface area contributed by atoms with Crippen LogP contribution in [0.1, 0.15) is 52.8 Å². The molecule has 1 heterocycles. The molecule has 5 aromatic rings. The van der Waals surface area contributed by atoms with Crippen LogP contribution in [0.3, 0.4) is 0 Å². The summed E-state index contributed by atoms with van der Waals surface area (Å²) >= 11 is 0. The van der Waals surface area contributed by atoms with Gasteiger partial charge in [0.05, 0.1) is 11.2 Å². The van der Waals surface area contributed by atoms with Crippen molar-refractivity contribution < 1.29 is 0 Å². The Kier molecular flexibility index (Phi) is 6.97. The topological polar surface area (TPSA) is 12.9 Å². The Labute approximate surface area is 228 Å². The number of aromatic nitrogens is 1. The van der Waals surface area contributed by atoms with Crippen molar-refractivity contribution in [1.82, 2.24) is 4.98 Å². The van der Waals surface area contributed by atoms with E-state index in [1.807, 2.05) is 0 Å². The summed E-state index contributed by atoms with van der Waals surface area (Å²) < 4.78 is 0. The minimum Gasteiger partial charge on any atom is -0.248 e. The summed E-state index contributed by atoms with van der Waals surface area (Å²) in [6.07, 6.45) is 1.03. The summed E-state index contributed by atoms with van der Waals surface area (Å²) in [7, 11) is 0. The average Bonchev–Trinajstić information content (AvgIpc) is 2.85. The molecule has 4 aromatic carbocycles. The van der Waals surface area contributed by atoms with Crippen LogP contribution in [0, 0.1) is 47.5 Å². The number of fused-ring (bicyclic) bond motifs is 1. The van der Waals surface area contributed by atoms with Gasteiger partial charge < -0.3 is 0 Å². The van der Waals surface area contributed by atoms with Gasteiger partial charge >= 0.3 is 0 Å². The Balaban J connectivity index is 1.64. The van der Waals surface area contributed by atoms with Gasteiger partial charge in [0.1, 0.15) is 0 Å². The van der Waals surface area contributed by atoms with E-state index >= 15 is 0 Å². The van der Waals surface area contributed by atoms with Crippen LogP contribution in [0.5, 0.6) is 0 Å². The molecule has 0 spiro atoms. The van der Waals surface area contributed by atoms with Gasteiger partial charge in [0.25, 0.3) is 0 Å². The summed E-state index contributed by atoms with van der Waals surface area (Å²) in [5.41, 5.74) is 17.8. The molecule has 192 valence electrons. The molecular formula is C37H39N. The molecule has 0 fully saturated rings. The molecule has 38 heavy (non-hydrogen) atoms. The van der Waals surface area contributed by atoms with Crippen LogP contribution >= 0.6 is 0 Å². The molecule has 5 rings (SSSR count). The molecule has 0 aliphatic heterocycles. The van der Waals surface area contributed by atoms with Crippen molar-refractivity contribution in [2.24, 2.45) is 5.92 Å². The van der Waals surface area contributed by atoms with E-state index in [1.165, 1.54) is 72.1 Å². The first-order valence-corrected chi connectivity index (χ1v) is 13.8. The average molecular weight is 498 g/mol. The first-order valence-electron chi connectivity index (χ1n) is 13.8. The summed E-state index contributed by atoms with van der Waals surface area (Å²) in [5, 5.41) is 1.26. The monoisotopic (exact) mass is 497 g/mol. The molecule has 0 aliphatic rings. The third-order valence-electron chi connectivity index (χ3n) is 7.66. The molecule has 0 saturated carbocycles. The van der Waals surface area contributed by atoms with Crippen molar-refractivity contribution >= 4 is 10.9 Å². The zero-order chi connectivity index (χ0) is 27.1. The summed E-state index contributed by atoms with van der Waals surface area (Å²) in [4.78, 5) is 5.19. The van der Waals surface area contributed by atoms with Crippen molar-refractivity contribution in [1.29, 1.82) is 0 Å². The molecule has 1 nitrogen and oxygen atoms in total. The predicted octanol–water partition coefficient (Wildman–Crippen LogP) is 10.3. The number of benzene rings is 4. The lowest BCUT2D eigenvalue weighted by Gasteiger charge is -2.19. The Morgan fingerprint density at radius 3 is 1.68 bits per heavy atom. The van der Waals surface area contributed by atoms with Gasteiger partial charge in [-0.05, 0) is 134 Å². The summed E-state index contributed by atoms with van der Waals surface area (Å²) in [6, 6.07) is 27.1. The number of nitrogens with zero attached hydrogens (tertiary/aromatic N) is 1. The molecule has 0 radical (unpaired) electrons. The lowest BCUT2D eigenvalue weighted by atomic mass is 9.86. The van der Waals surface area contributed by atoms with E-state index in [0.29, 0.717) is 5.92 Å². The molecule has 0 saturated heterocycles. The van der Waals surface area contributed by atoms with Gasteiger partial charge in [0.2, 0.25) is 0 Å². The van der Waals surface area contributed by atoms with Crippen molar-refractivity contribution in [3.8, 4) is 33.5 Å². The highest BCUT2D eigenvalue weighted by molar-refractivity contribution is 5.90. The lowest BCUT2D eigenvalue weighted by molar-refractivity contribution is 0.650. The normalized spacial score (nSPS) is 11.5. The molecule has 1 aromatic heterocycles. The smallest absolute Gasteiger partial charge is 0.0712 e. The van der Waals surface area contributed by atoms with E-state index in [9.17, 15) is 0 Å². The van der Waals surface area contributed by atoms with Crippen molar-refractivity contribution in [2.45, 2.75) is 61.8 Å². The highest BCUT2D eigenvalue weighted by Gasteiger charge is 2.16. The standard InChI is InChI=1S/C37H39N/c1-22(2)15-31-21-35(38-34-14-13-30(20-33(31)34)29-11-9-23(3)10-12-29)32-18-27(7)37(28(8)19-32)36-25(5)16-24(4)17-26(36)6/h9-14,16-22H,15H2,1-8H3. The first-order chi connectivity index (χ1) is 18.1. The first kappa shape index (κ1) is 25.9. The van der Waals surface area contributed by atoms with Crippen molar-refractivity contribution in [3.05, 3.63) is 112 Å². The number of pyridine rings is 1. The van der Waals surface area contributed by atoms with Crippen LogP contribution in [0.2, 0.25) is 0 Å². The van der Waals surface area contributed by atoms with E-state index in [4.69, 9.17) is 4.98 Å². The molecular weight excluding hydrogens is 458 g/mol. The molecule has 0 bridgehead atoms.